The van der Waals surface area contributed by atoms with Crippen molar-refractivity contribution in [2.45, 2.75) is 63.2 Å². The van der Waals surface area contributed by atoms with Crippen LogP contribution in [0.25, 0.3) is 0 Å². The molecule has 0 saturated carbocycles. The van der Waals surface area contributed by atoms with Crippen molar-refractivity contribution >= 4 is 41.7 Å². The third-order valence-electron chi connectivity index (χ3n) is 5.51. The number of aliphatic imine (C=N–C) groups is 1. The van der Waals surface area contributed by atoms with E-state index in [9.17, 15) is 0 Å². The average Bonchev–Trinajstić information content (AvgIpc) is 2.63. The minimum atomic E-state index is 0. The van der Waals surface area contributed by atoms with Crippen LogP contribution in [0.5, 0.6) is 0 Å². The summed E-state index contributed by atoms with van der Waals surface area (Å²) in [6.07, 6.45) is 7.55. The number of halogens is 1. The van der Waals surface area contributed by atoms with Gasteiger partial charge < -0.3 is 20.3 Å². The maximum absolute atomic E-state index is 5.56. The van der Waals surface area contributed by atoms with Crippen LogP contribution in [0.15, 0.2) is 4.99 Å². The number of nitrogens with one attached hydrogen (secondary N) is 2. The molecule has 5 nitrogen and oxygen atoms in total. The van der Waals surface area contributed by atoms with Crippen molar-refractivity contribution in [1.29, 1.82) is 0 Å². The van der Waals surface area contributed by atoms with Crippen molar-refractivity contribution < 1.29 is 4.74 Å². The van der Waals surface area contributed by atoms with Crippen LogP contribution in [-0.4, -0.2) is 73.8 Å². The molecule has 0 aromatic rings. The zero-order valence-electron chi connectivity index (χ0n) is 16.9. The minimum Gasteiger partial charge on any atom is -0.381 e. The van der Waals surface area contributed by atoms with E-state index in [0.29, 0.717) is 4.75 Å². The normalized spacial score (nSPS) is 24.0. The topological polar surface area (TPSA) is 48.9 Å². The largest absolute Gasteiger partial charge is 0.381 e. The molecule has 7 heteroatoms. The van der Waals surface area contributed by atoms with Crippen molar-refractivity contribution in [2.75, 3.05) is 52.2 Å². The van der Waals surface area contributed by atoms with Gasteiger partial charge in [-0.3, -0.25) is 4.99 Å². The van der Waals surface area contributed by atoms with Crippen molar-refractivity contribution in [2.24, 2.45) is 4.99 Å². The third kappa shape index (κ3) is 8.10. The fourth-order valence-electron chi connectivity index (χ4n) is 3.87. The summed E-state index contributed by atoms with van der Waals surface area (Å²) >= 11 is 2.07. The lowest BCUT2D eigenvalue weighted by atomic mass is 9.99. The molecule has 2 heterocycles. The number of rotatable bonds is 8. The Balaban J connectivity index is 0.00000338. The Labute approximate surface area is 181 Å². The molecular weight excluding hydrogens is 459 g/mol. The molecule has 0 bridgehead atoms. The summed E-state index contributed by atoms with van der Waals surface area (Å²) in [4.78, 5) is 7.04. The molecule has 0 radical (unpaired) electrons. The average molecular weight is 499 g/mol. The molecule has 2 aliphatic heterocycles. The summed E-state index contributed by atoms with van der Waals surface area (Å²) in [6, 6.07) is 0.755. The van der Waals surface area contributed by atoms with Crippen molar-refractivity contribution in [3.05, 3.63) is 0 Å². The lowest BCUT2D eigenvalue weighted by Crippen LogP contribution is -2.48. The van der Waals surface area contributed by atoms with Crippen LogP contribution in [0.1, 0.15) is 52.4 Å². The first-order valence-corrected chi connectivity index (χ1v) is 11.1. The van der Waals surface area contributed by atoms with Crippen LogP contribution in [0, 0.1) is 0 Å². The predicted molar refractivity (Wildman–Crippen MR) is 125 cm³/mol. The zero-order chi connectivity index (χ0) is 18.0. The number of hydrogen-bond donors (Lipinski definition) is 2. The number of thioether (sulfide) groups is 1. The maximum Gasteiger partial charge on any atom is 0.191 e. The Bertz CT molecular complexity index is 399. The van der Waals surface area contributed by atoms with Gasteiger partial charge in [-0.15, -0.1) is 24.0 Å². The number of guanidine groups is 1. The van der Waals surface area contributed by atoms with Gasteiger partial charge in [0.25, 0.3) is 0 Å². The second-order valence-electron chi connectivity index (χ2n) is 7.32. The number of ether oxygens (including phenoxy) is 1. The Morgan fingerprint density at radius 2 is 2.04 bits per heavy atom. The van der Waals surface area contributed by atoms with Crippen molar-refractivity contribution in [1.82, 2.24) is 15.5 Å². The molecule has 2 aliphatic rings. The quantitative estimate of drug-likeness (QED) is 0.233. The smallest absolute Gasteiger partial charge is 0.191 e. The summed E-state index contributed by atoms with van der Waals surface area (Å²) < 4.78 is 5.86. The molecule has 1 atom stereocenters. The first-order chi connectivity index (χ1) is 12.2. The molecule has 2 fully saturated rings. The van der Waals surface area contributed by atoms with Gasteiger partial charge in [0.05, 0.1) is 0 Å². The second kappa shape index (κ2) is 13.4. The number of hydrogen-bond acceptors (Lipinski definition) is 4. The predicted octanol–water partition coefficient (Wildman–Crippen LogP) is 3.34. The summed E-state index contributed by atoms with van der Waals surface area (Å²) in [6.45, 7) is 10.8. The Morgan fingerprint density at radius 1 is 1.27 bits per heavy atom. The van der Waals surface area contributed by atoms with E-state index in [-0.39, 0.29) is 24.0 Å². The highest BCUT2D eigenvalue weighted by Gasteiger charge is 2.32. The SMILES string of the molecule is CCSC1(CNC(=NC)NCCCN2CCCCC2C)CCOCC1.I. The highest BCUT2D eigenvalue weighted by Crippen LogP contribution is 2.34. The highest BCUT2D eigenvalue weighted by atomic mass is 127. The zero-order valence-corrected chi connectivity index (χ0v) is 20.0. The summed E-state index contributed by atoms with van der Waals surface area (Å²) in [7, 11) is 1.87. The van der Waals surface area contributed by atoms with E-state index in [0.717, 1.165) is 56.9 Å². The molecule has 1 unspecified atom stereocenters. The molecule has 0 aliphatic carbocycles. The van der Waals surface area contributed by atoms with E-state index in [4.69, 9.17) is 4.74 Å². The van der Waals surface area contributed by atoms with Crippen LogP contribution in [-0.2, 0) is 4.74 Å². The first kappa shape index (κ1) is 24.3. The third-order valence-corrected chi connectivity index (χ3v) is 6.96. The van der Waals surface area contributed by atoms with Crippen LogP contribution in [0.3, 0.4) is 0 Å². The standard InChI is InChI=1S/C19H38N4OS.HI/c1-4-25-19(9-14-24-15-10-19)16-22-18(20-3)21-11-7-13-23-12-6-5-8-17(23)2;/h17H,4-16H2,1-3H3,(H2,20,21,22);1H. The highest BCUT2D eigenvalue weighted by molar-refractivity contribution is 14.0. The van der Waals surface area contributed by atoms with Crippen LogP contribution in [0.4, 0.5) is 0 Å². The minimum absolute atomic E-state index is 0. The lowest BCUT2D eigenvalue weighted by Gasteiger charge is -2.37. The van der Waals surface area contributed by atoms with Gasteiger partial charge in [0.2, 0.25) is 0 Å². The fraction of sp³-hybridized carbons (Fsp3) is 0.947. The molecule has 0 aromatic carbocycles. The molecule has 26 heavy (non-hydrogen) atoms. The van der Waals surface area contributed by atoms with Crippen LogP contribution in [0.2, 0.25) is 0 Å². The van der Waals surface area contributed by atoms with Gasteiger partial charge in [-0.05, 0) is 51.3 Å². The van der Waals surface area contributed by atoms with Gasteiger partial charge in [0.15, 0.2) is 5.96 Å². The Hall–Kier alpha value is 0.270. The monoisotopic (exact) mass is 498 g/mol. The first-order valence-electron chi connectivity index (χ1n) is 10.1. The van der Waals surface area contributed by atoms with Gasteiger partial charge in [0.1, 0.15) is 0 Å². The van der Waals surface area contributed by atoms with Crippen molar-refractivity contribution in [3.8, 4) is 0 Å². The van der Waals surface area contributed by atoms with E-state index in [1.807, 2.05) is 7.05 Å². The molecule has 0 amide bonds. The lowest BCUT2D eigenvalue weighted by molar-refractivity contribution is 0.0782. The van der Waals surface area contributed by atoms with Crippen molar-refractivity contribution in [3.63, 3.8) is 0 Å². The van der Waals surface area contributed by atoms with Gasteiger partial charge >= 0.3 is 0 Å². The number of nitrogens with zero attached hydrogens (tertiary/aromatic N) is 2. The van der Waals surface area contributed by atoms with E-state index < -0.39 is 0 Å². The van der Waals surface area contributed by atoms with E-state index in [1.165, 1.54) is 38.8 Å². The van der Waals surface area contributed by atoms with Crippen LogP contribution >= 0.6 is 35.7 Å². The summed E-state index contributed by atoms with van der Waals surface area (Å²) in [5.41, 5.74) is 0. The fourth-order valence-corrected chi connectivity index (χ4v) is 5.11. The molecule has 154 valence electrons. The van der Waals surface area contributed by atoms with E-state index >= 15 is 0 Å². The van der Waals surface area contributed by atoms with Gasteiger partial charge in [-0.2, -0.15) is 11.8 Å². The molecule has 2 N–H and O–H groups in total. The van der Waals surface area contributed by atoms with E-state index in [2.05, 4.69) is 46.1 Å². The number of likely N-dealkylation sites (tertiary alicyclic amines) is 1. The molecule has 2 saturated heterocycles. The van der Waals surface area contributed by atoms with E-state index in [1.54, 1.807) is 0 Å². The molecule has 0 spiro atoms. The Morgan fingerprint density at radius 3 is 2.69 bits per heavy atom. The molecule has 2 rings (SSSR count). The van der Waals surface area contributed by atoms with Crippen LogP contribution < -0.4 is 10.6 Å². The van der Waals surface area contributed by atoms with Gasteiger partial charge in [0, 0.05) is 50.7 Å². The molecule has 0 aromatic heterocycles. The maximum atomic E-state index is 5.56. The summed E-state index contributed by atoms with van der Waals surface area (Å²) in [5, 5.41) is 7.06. The summed E-state index contributed by atoms with van der Waals surface area (Å²) in [5.74, 6) is 2.09. The second-order valence-corrected chi connectivity index (χ2v) is 9.05. The number of piperidine rings is 1. The van der Waals surface area contributed by atoms with Gasteiger partial charge in [-0.25, -0.2) is 0 Å². The Kier molecular flexibility index (Phi) is 12.6. The van der Waals surface area contributed by atoms with Gasteiger partial charge in [-0.1, -0.05) is 13.3 Å². The molecular formula is C19H39IN4OS.